The Kier molecular flexibility index (Phi) is 6.20. The number of aliphatic hydroxyl groups excluding tert-OH is 1. The second kappa shape index (κ2) is 8.16. The molecular formula is C14H18BrN3O2. The number of ether oxygens (including phenoxy) is 1. The lowest BCUT2D eigenvalue weighted by atomic mass is 10.2. The zero-order chi connectivity index (χ0) is 14.2. The number of benzene rings is 1. The van der Waals surface area contributed by atoms with Gasteiger partial charge in [0.2, 0.25) is 0 Å². The van der Waals surface area contributed by atoms with Crippen molar-refractivity contribution in [3.05, 3.63) is 40.8 Å². The Balaban J connectivity index is 1.79. The molecule has 0 spiro atoms. The van der Waals surface area contributed by atoms with Crippen LogP contribution in [0.25, 0.3) is 11.3 Å². The van der Waals surface area contributed by atoms with Gasteiger partial charge in [-0.25, -0.2) is 4.98 Å². The number of hydrogen-bond donors (Lipinski definition) is 3. The first-order chi connectivity index (χ1) is 9.79. The summed E-state index contributed by atoms with van der Waals surface area (Å²) in [6.07, 6.45) is 1.84. The van der Waals surface area contributed by atoms with E-state index in [1.165, 1.54) is 0 Å². The lowest BCUT2D eigenvalue weighted by Crippen LogP contribution is -2.20. The Morgan fingerprint density at radius 3 is 2.80 bits per heavy atom. The zero-order valence-corrected chi connectivity index (χ0v) is 12.7. The van der Waals surface area contributed by atoms with Crippen molar-refractivity contribution >= 4 is 15.9 Å². The molecule has 0 fully saturated rings. The minimum absolute atomic E-state index is 0.0642. The first-order valence-corrected chi connectivity index (χ1v) is 7.28. The summed E-state index contributed by atoms with van der Waals surface area (Å²) in [6, 6.07) is 8.09. The van der Waals surface area contributed by atoms with Crippen molar-refractivity contribution in [1.29, 1.82) is 0 Å². The van der Waals surface area contributed by atoms with Gasteiger partial charge in [-0.15, -0.1) is 0 Å². The van der Waals surface area contributed by atoms with Crippen LogP contribution >= 0.6 is 15.9 Å². The zero-order valence-electron chi connectivity index (χ0n) is 11.1. The second-order valence-electron chi connectivity index (χ2n) is 4.26. The highest BCUT2D eigenvalue weighted by Gasteiger charge is 2.02. The molecule has 0 saturated heterocycles. The average molecular weight is 340 g/mol. The molecule has 6 heteroatoms. The van der Waals surface area contributed by atoms with Crippen LogP contribution in [0.2, 0.25) is 0 Å². The summed E-state index contributed by atoms with van der Waals surface area (Å²) in [6.45, 7) is 2.43. The molecular weight excluding hydrogens is 322 g/mol. The van der Waals surface area contributed by atoms with Gasteiger partial charge in [-0.2, -0.15) is 0 Å². The van der Waals surface area contributed by atoms with E-state index in [1.54, 1.807) is 0 Å². The van der Waals surface area contributed by atoms with Gasteiger partial charge < -0.3 is 20.1 Å². The van der Waals surface area contributed by atoms with Crippen molar-refractivity contribution in [2.75, 3.05) is 26.4 Å². The predicted octanol–water partition coefficient (Wildman–Crippen LogP) is 1.94. The molecule has 20 heavy (non-hydrogen) atoms. The fourth-order valence-corrected chi connectivity index (χ4v) is 2.01. The van der Waals surface area contributed by atoms with Gasteiger partial charge in [-0.05, 0) is 17.7 Å². The maximum absolute atomic E-state index is 8.57. The number of nitrogens with zero attached hydrogens (tertiary/aromatic N) is 1. The summed E-state index contributed by atoms with van der Waals surface area (Å²) >= 11 is 3.42. The summed E-state index contributed by atoms with van der Waals surface area (Å²) in [7, 11) is 0. The topological polar surface area (TPSA) is 70.2 Å². The molecule has 2 aromatic rings. The molecule has 0 amide bonds. The van der Waals surface area contributed by atoms with Crippen molar-refractivity contribution < 1.29 is 9.84 Å². The molecule has 0 bridgehead atoms. The molecule has 5 nitrogen and oxygen atoms in total. The minimum Gasteiger partial charge on any atom is -0.394 e. The second-order valence-corrected chi connectivity index (χ2v) is 5.18. The minimum atomic E-state index is 0.0642. The van der Waals surface area contributed by atoms with Crippen molar-refractivity contribution in [2.45, 2.75) is 6.54 Å². The van der Waals surface area contributed by atoms with Gasteiger partial charge in [-0.3, -0.25) is 0 Å². The van der Waals surface area contributed by atoms with Crippen LogP contribution in [0, 0.1) is 0 Å². The van der Waals surface area contributed by atoms with E-state index in [1.807, 2.05) is 30.5 Å². The highest BCUT2D eigenvalue weighted by atomic mass is 79.9. The monoisotopic (exact) mass is 339 g/mol. The van der Waals surface area contributed by atoms with Crippen LogP contribution in [0.4, 0.5) is 0 Å². The van der Waals surface area contributed by atoms with E-state index in [9.17, 15) is 0 Å². The van der Waals surface area contributed by atoms with Crippen LogP contribution in [-0.4, -0.2) is 41.4 Å². The van der Waals surface area contributed by atoms with Gasteiger partial charge in [-0.1, -0.05) is 28.1 Å². The van der Waals surface area contributed by atoms with Crippen LogP contribution in [0.5, 0.6) is 0 Å². The number of aromatic amines is 1. The number of rotatable bonds is 8. The van der Waals surface area contributed by atoms with E-state index in [0.29, 0.717) is 19.8 Å². The van der Waals surface area contributed by atoms with E-state index < -0.39 is 0 Å². The highest BCUT2D eigenvalue weighted by Crippen LogP contribution is 2.19. The molecule has 108 valence electrons. The summed E-state index contributed by atoms with van der Waals surface area (Å²) < 4.78 is 6.22. The normalized spacial score (nSPS) is 10.9. The Hall–Kier alpha value is -1.21. The Morgan fingerprint density at radius 1 is 1.25 bits per heavy atom. The molecule has 0 saturated carbocycles. The van der Waals surface area contributed by atoms with Gasteiger partial charge in [0, 0.05) is 11.0 Å². The molecule has 1 aromatic heterocycles. The van der Waals surface area contributed by atoms with Gasteiger partial charge in [0.25, 0.3) is 0 Å². The van der Waals surface area contributed by atoms with Crippen LogP contribution in [0.3, 0.4) is 0 Å². The van der Waals surface area contributed by atoms with Gasteiger partial charge in [0.15, 0.2) is 0 Å². The van der Waals surface area contributed by atoms with Crippen LogP contribution in [-0.2, 0) is 11.3 Å². The first kappa shape index (κ1) is 15.2. The van der Waals surface area contributed by atoms with Gasteiger partial charge >= 0.3 is 0 Å². The highest BCUT2D eigenvalue weighted by molar-refractivity contribution is 9.10. The van der Waals surface area contributed by atoms with Crippen LogP contribution in [0.1, 0.15) is 5.82 Å². The Labute approximate surface area is 126 Å². The van der Waals surface area contributed by atoms with E-state index in [-0.39, 0.29) is 6.61 Å². The lowest BCUT2D eigenvalue weighted by molar-refractivity contribution is 0.0937. The van der Waals surface area contributed by atoms with Gasteiger partial charge in [0.05, 0.1) is 38.3 Å². The van der Waals surface area contributed by atoms with E-state index in [0.717, 1.165) is 28.1 Å². The smallest absolute Gasteiger partial charge is 0.120 e. The third kappa shape index (κ3) is 4.72. The summed E-state index contributed by atoms with van der Waals surface area (Å²) in [5, 5.41) is 11.8. The summed E-state index contributed by atoms with van der Waals surface area (Å²) in [5.41, 5.74) is 2.11. The third-order valence-corrected chi connectivity index (χ3v) is 3.26. The molecule has 3 N–H and O–H groups in total. The standard InChI is InChI=1S/C14H18BrN3O2/c15-12-3-1-11(2-4-12)13-9-17-14(18-13)10-16-5-7-20-8-6-19/h1-4,9,16,19H,5-8,10H2,(H,17,18). The first-order valence-electron chi connectivity index (χ1n) is 6.49. The number of aliphatic hydroxyl groups is 1. The molecule has 0 atom stereocenters. The molecule has 0 unspecified atom stereocenters. The molecule has 2 rings (SSSR count). The quantitative estimate of drug-likeness (QED) is 0.643. The fourth-order valence-electron chi connectivity index (χ4n) is 1.75. The molecule has 1 aromatic carbocycles. The Bertz CT molecular complexity index is 513. The summed E-state index contributed by atoms with van der Waals surface area (Å²) in [4.78, 5) is 7.62. The van der Waals surface area contributed by atoms with Crippen molar-refractivity contribution in [1.82, 2.24) is 15.3 Å². The van der Waals surface area contributed by atoms with Crippen molar-refractivity contribution in [2.24, 2.45) is 0 Å². The maximum Gasteiger partial charge on any atom is 0.120 e. The molecule has 0 aliphatic carbocycles. The van der Waals surface area contributed by atoms with E-state index in [4.69, 9.17) is 9.84 Å². The van der Waals surface area contributed by atoms with E-state index in [2.05, 4.69) is 31.2 Å². The predicted molar refractivity (Wildman–Crippen MR) is 81.3 cm³/mol. The molecule has 1 heterocycles. The third-order valence-electron chi connectivity index (χ3n) is 2.73. The number of aromatic nitrogens is 2. The number of imidazole rings is 1. The SMILES string of the molecule is OCCOCCNCc1ncc(-c2ccc(Br)cc2)[nH]1. The van der Waals surface area contributed by atoms with Crippen molar-refractivity contribution in [3.63, 3.8) is 0 Å². The largest absolute Gasteiger partial charge is 0.394 e. The van der Waals surface area contributed by atoms with Crippen molar-refractivity contribution in [3.8, 4) is 11.3 Å². The molecule has 0 radical (unpaired) electrons. The van der Waals surface area contributed by atoms with Crippen LogP contribution < -0.4 is 5.32 Å². The molecule has 0 aliphatic rings. The van der Waals surface area contributed by atoms with E-state index >= 15 is 0 Å². The number of halogens is 1. The molecule has 0 aliphatic heterocycles. The summed E-state index contributed by atoms with van der Waals surface area (Å²) in [5.74, 6) is 0.894. The Morgan fingerprint density at radius 2 is 2.05 bits per heavy atom. The number of hydrogen-bond acceptors (Lipinski definition) is 4. The van der Waals surface area contributed by atoms with Gasteiger partial charge in [0.1, 0.15) is 5.82 Å². The average Bonchev–Trinajstić information content (AvgIpc) is 2.92. The number of nitrogens with one attached hydrogen (secondary N) is 2. The van der Waals surface area contributed by atoms with Crippen LogP contribution in [0.15, 0.2) is 34.9 Å². The fraction of sp³-hybridized carbons (Fsp3) is 0.357. The maximum atomic E-state index is 8.57. The number of H-pyrrole nitrogens is 1. The lowest BCUT2D eigenvalue weighted by Gasteiger charge is -2.03.